The third-order valence-corrected chi connectivity index (χ3v) is 3.82. The van der Waals surface area contributed by atoms with Gasteiger partial charge in [0.2, 0.25) is 5.91 Å². The van der Waals surface area contributed by atoms with Crippen LogP contribution in [0.4, 0.5) is 0 Å². The van der Waals surface area contributed by atoms with Gasteiger partial charge in [0.15, 0.2) is 0 Å². The molecule has 0 spiro atoms. The van der Waals surface area contributed by atoms with E-state index in [4.69, 9.17) is 5.73 Å². The van der Waals surface area contributed by atoms with E-state index in [1.165, 1.54) is 0 Å². The predicted molar refractivity (Wildman–Crippen MR) is 103 cm³/mol. The van der Waals surface area contributed by atoms with E-state index in [0.717, 1.165) is 12.0 Å². The van der Waals surface area contributed by atoms with Gasteiger partial charge in [-0.3, -0.25) is 14.4 Å². The van der Waals surface area contributed by atoms with Gasteiger partial charge in [0.25, 0.3) is 11.8 Å². The highest BCUT2D eigenvalue weighted by atomic mass is 16.2. The number of carbonyl (C=O) groups is 3. The summed E-state index contributed by atoms with van der Waals surface area (Å²) in [6.45, 7) is 1.29. The fourth-order valence-electron chi connectivity index (χ4n) is 2.30. The minimum absolute atomic E-state index is 0.102. The lowest BCUT2D eigenvalue weighted by Gasteiger charge is -2.08. The monoisotopic (exact) mass is 368 g/mol. The fourth-order valence-corrected chi connectivity index (χ4v) is 2.30. The Kier molecular flexibility index (Phi) is 7.99. The summed E-state index contributed by atoms with van der Waals surface area (Å²) in [4.78, 5) is 35.7. The highest BCUT2D eigenvalue weighted by Gasteiger charge is 2.08. The molecule has 3 amide bonds. The van der Waals surface area contributed by atoms with Crippen LogP contribution in [0.5, 0.6) is 0 Å². The van der Waals surface area contributed by atoms with Crippen LogP contribution in [-0.4, -0.2) is 37.4 Å². The summed E-state index contributed by atoms with van der Waals surface area (Å²) in [7, 11) is 0. The third-order valence-electron chi connectivity index (χ3n) is 3.82. The van der Waals surface area contributed by atoms with E-state index >= 15 is 0 Å². The van der Waals surface area contributed by atoms with Crippen LogP contribution >= 0.6 is 0 Å². The standard InChI is InChI=1S/C20H24N4O3/c21-11-4-12-22-19(26)17-9-7-15(8-10-17)13-23-18(25)14-24-20(27)16-5-2-1-3-6-16/h1-3,5-10H,4,11-14,21H2,(H,22,26)(H,23,25)(H,24,27). The molecule has 0 radical (unpaired) electrons. The molecule has 142 valence electrons. The van der Waals surface area contributed by atoms with Gasteiger partial charge < -0.3 is 21.7 Å². The Bertz CT molecular complexity index is 761. The molecule has 2 rings (SSSR count). The number of benzene rings is 2. The van der Waals surface area contributed by atoms with Gasteiger partial charge in [-0.2, -0.15) is 0 Å². The van der Waals surface area contributed by atoms with Crippen molar-refractivity contribution < 1.29 is 14.4 Å². The summed E-state index contributed by atoms with van der Waals surface area (Å²) in [6, 6.07) is 15.7. The highest BCUT2D eigenvalue weighted by molar-refractivity contribution is 5.96. The maximum absolute atomic E-state index is 11.9. The molecule has 0 aromatic heterocycles. The van der Waals surface area contributed by atoms with E-state index in [2.05, 4.69) is 16.0 Å². The average Bonchev–Trinajstić information content (AvgIpc) is 2.71. The van der Waals surface area contributed by atoms with Gasteiger partial charge in [-0.25, -0.2) is 0 Å². The van der Waals surface area contributed by atoms with Crippen LogP contribution in [0.1, 0.15) is 32.7 Å². The van der Waals surface area contributed by atoms with Gasteiger partial charge in [-0.05, 0) is 42.8 Å². The van der Waals surface area contributed by atoms with Crippen molar-refractivity contribution in [3.05, 3.63) is 71.3 Å². The second-order valence-corrected chi connectivity index (χ2v) is 5.92. The van der Waals surface area contributed by atoms with Crippen molar-refractivity contribution in [2.75, 3.05) is 19.6 Å². The molecule has 0 saturated heterocycles. The quantitative estimate of drug-likeness (QED) is 0.491. The van der Waals surface area contributed by atoms with Gasteiger partial charge in [-0.1, -0.05) is 30.3 Å². The summed E-state index contributed by atoms with van der Waals surface area (Å²) < 4.78 is 0. The second-order valence-electron chi connectivity index (χ2n) is 5.92. The Hall–Kier alpha value is -3.19. The van der Waals surface area contributed by atoms with Crippen molar-refractivity contribution in [2.45, 2.75) is 13.0 Å². The molecule has 2 aromatic rings. The summed E-state index contributed by atoms with van der Waals surface area (Å²) in [5.41, 5.74) is 7.31. The molecule has 0 aliphatic heterocycles. The first-order chi connectivity index (χ1) is 13.1. The van der Waals surface area contributed by atoms with Crippen LogP contribution in [0.2, 0.25) is 0 Å². The molecule has 0 fully saturated rings. The number of rotatable bonds is 9. The molecule has 2 aromatic carbocycles. The zero-order valence-electron chi connectivity index (χ0n) is 15.0. The minimum Gasteiger partial charge on any atom is -0.352 e. The van der Waals surface area contributed by atoms with Crippen LogP contribution in [0.25, 0.3) is 0 Å². The van der Waals surface area contributed by atoms with Crippen LogP contribution in [0.3, 0.4) is 0 Å². The zero-order valence-corrected chi connectivity index (χ0v) is 15.0. The largest absolute Gasteiger partial charge is 0.352 e. The van der Waals surface area contributed by atoms with Gasteiger partial charge in [-0.15, -0.1) is 0 Å². The Morgan fingerprint density at radius 3 is 2.07 bits per heavy atom. The second kappa shape index (κ2) is 10.7. The van der Waals surface area contributed by atoms with Crippen LogP contribution < -0.4 is 21.7 Å². The zero-order chi connectivity index (χ0) is 19.5. The average molecular weight is 368 g/mol. The number of nitrogens with two attached hydrogens (primary N) is 1. The SMILES string of the molecule is NCCCNC(=O)c1ccc(CNC(=O)CNC(=O)c2ccccc2)cc1. The van der Waals surface area contributed by atoms with E-state index in [-0.39, 0.29) is 24.3 Å². The number of amides is 3. The Morgan fingerprint density at radius 1 is 0.778 bits per heavy atom. The van der Waals surface area contributed by atoms with Gasteiger partial charge >= 0.3 is 0 Å². The van der Waals surface area contributed by atoms with E-state index < -0.39 is 0 Å². The number of hydrogen-bond donors (Lipinski definition) is 4. The molecular weight excluding hydrogens is 344 g/mol. The lowest BCUT2D eigenvalue weighted by Crippen LogP contribution is -2.36. The maximum atomic E-state index is 11.9. The van der Waals surface area contributed by atoms with E-state index in [9.17, 15) is 14.4 Å². The molecule has 27 heavy (non-hydrogen) atoms. The van der Waals surface area contributed by atoms with Crippen molar-refractivity contribution >= 4 is 17.7 Å². The van der Waals surface area contributed by atoms with Crippen LogP contribution in [-0.2, 0) is 11.3 Å². The molecule has 7 heteroatoms. The summed E-state index contributed by atoms with van der Waals surface area (Å²) >= 11 is 0. The minimum atomic E-state index is -0.296. The van der Waals surface area contributed by atoms with Gasteiger partial charge in [0.05, 0.1) is 6.54 Å². The van der Waals surface area contributed by atoms with E-state index in [1.54, 1.807) is 48.5 Å². The first kappa shape index (κ1) is 20.1. The smallest absolute Gasteiger partial charge is 0.251 e. The molecule has 0 unspecified atom stereocenters. The number of hydrogen-bond acceptors (Lipinski definition) is 4. The Balaban J connectivity index is 1.73. The summed E-state index contributed by atoms with van der Waals surface area (Å²) in [6.07, 6.45) is 0.733. The van der Waals surface area contributed by atoms with Gasteiger partial charge in [0, 0.05) is 24.2 Å². The molecule has 0 atom stereocenters. The predicted octanol–water partition coefficient (Wildman–Crippen LogP) is 0.811. The molecule has 0 saturated carbocycles. The van der Waals surface area contributed by atoms with E-state index in [0.29, 0.717) is 30.8 Å². The highest BCUT2D eigenvalue weighted by Crippen LogP contribution is 2.04. The maximum Gasteiger partial charge on any atom is 0.251 e. The topological polar surface area (TPSA) is 113 Å². The van der Waals surface area contributed by atoms with Gasteiger partial charge in [0.1, 0.15) is 0 Å². The molecule has 0 aliphatic carbocycles. The Labute approximate surface area is 158 Å². The van der Waals surface area contributed by atoms with Crippen molar-refractivity contribution in [1.82, 2.24) is 16.0 Å². The van der Waals surface area contributed by atoms with Crippen molar-refractivity contribution in [1.29, 1.82) is 0 Å². The van der Waals surface area contributed by atoms with Crippen molar-refractivity contribution in [3.63, 3.8) is 0 Å². The molecular formula is C20H24N4O3. The normalized spacial score (nSPS) is 10.1. The summed E-state index contributed by atoms with van der Waals surface area (Å²) in [5, 5.41) is 8.08. The third kappa shape index (κ3) is 6.91. The number of carbonyl (C=O) groups excluding carboxylic acids is 3. The fraction of sp³-hybridized carbons (Fsp3) is 0.250. The molecule has 0 bridgehead atoms. The van der Waals surface area contributed by atoms with Crippen LogP contribution in [0.15, 0.2) is 54.6 Å². The number of nitrogens with one attached hydrogen (secondary N) is 3. The van der Waals surface area contributed by atoms with Crippen molar-refractivity contribution in [2.24, 2.45) is 5.73 Å². The lowest BCUT2D eigenvalue weighted by molar-refractivity contribution is -0.120. The molecule has 5 N–H and O–H groups in total. The lowest BCUT2D eigenvalue weighted by atomic mass is 10.1. The Morgan fingerprint density at radius 2 is 1.41 bits per heavy atom. The molecule has 0 heterocycles. The molecule has 0 aliphatic rings. The first-order valence-corrected chi connectivity index (χ1v) is 8.77. The molecule has 7 nitrogen and oxygen atoms in total. The van der Waals surface area contributed by atoms with Crippen LogP contribution in [0, 0.1) is 0 Å². The van der Waals surface area contributed by atoms with E-state index in [1.807, 2.05) is 6.07 Å². The first-order valence-electron chi connectivity index (χ1n) is 8.77. The summed E-state index contributed by atoms with van der Waals surface area (Å²) in [5.74, 6) is -0.735. The van der Waals surface area contributed by atoms with Crippen molar-refractivity contribution in [3.8, 4) is 0 Å².